The minimum atomic E-state index is 0.762. The number of hydrogen-bond donors (Lipinski definition) is 1. The Hall–Kier alpha value is -0.160. The number of nitrogens with zero attached hydrogens (tertiary/aromatic N) is 3. The molecule has 4 heteroatoms. The van der Waals surface area contributed by atoms with Gasteiger partial charge in [0.25, 0.3) is 0 Å². The smallest absolute Gasteiger partial charge is 0.0507 e. The molecule has 0 bridgehead atoms. The second-order valence-electron chi connectivity index (χ2n) is 5.19. The summed E-state index contributed by atoms with van der Waals surface area (Å²) in [5.74, 6) is 0. The largest absolute Gasteiger partial charge is 0.314 e. The van der Waals surface area contributed by atoms with E-state index in [1.54, 1.807) is 0 Å². The Kier molecular flexibility index (Phi) is 3.61. The lowest BCUT2D eigenvalue weighted by atomic mass is 10.1. The molecule has 0 aromatic heterocycles. The molecular formula is C11H24N4. The first-order valence-electron chi connectivity index (χ1n) is 5.96. The van der Waals surface area contributed by atoms with Crippen LogP contribution in [0.15, 0.2) is 0 Å². The van der Waals surface area contributed by atoms with Crippen molar-refractivity contribution in [3.05, 3.63) is 0 Å². The molecule has 0 aromatic carbocycles. The monoisotopic (exact) mass is 212 g/mol. The highest BCUT2D eigenvalue weighted by atomic mass is 15.4. The zero-order valence-corrected chi connectivity index (χ0v) is 10.2. The Morgan fingerprint density at radius 2 is 1.93 bits per heavy atom. The van der Waals surface area contributed by atoms with E-state index in [2.05, 4.69) is 41.2 Å². The van der Waals surface area contributed by atoms with Crippen LogP contribution in [0.2, 0.25) is 0 Å². The van der Waals surface area contributed by atoms with Crippen molar-refractivity contribution in [3.8, 4) is 0 Å². The molecule has 2 saturated heterocycles. The van der Waals surface area contributed by atoms with Crippen LogP contribution in [-0.2, 0) is 0 Å². The lowest BCUT2D eigenvalue weighted by Crippen LogP contribution is -2.57. The fraction of sp³-hybridized carbons (Fsp3) is 1.00. The van der Waals surface area contributed by atoms with Crippen molar-refractivity contribution in [2.24, 2.45) is 0 Å². The third-order valence-electron chi connectivity index (χ3n) is 3.78. The summed E-state index contributed by atoms with van der Waals surface area (Å²) >= 11 is 0. The molecule has 2 aliphatic rings. The third-order valence-corrected chi connectivity index (χ3v) is 3.78. The number of hydrogen-bond acceptors (Lipinski definition) is 4. The Balaban J connectivity index is 1.71. The summed E-state index contributed by atoms with van der Waals surface area (Å²) in [6, 6.07) is 1.53. The average molecular weight is 212 g/mol. The van der Waals surface area contributed by atoms with Crippen LogP contribution in [0.1, 0.15) is 6.42 Å². The summed E-state index contributed by atoms with van der Waals surface area (Å²) in [5.41, 5.74) is 0. The van der Waals surface area contributed by atoms with Crippen LogP contribution < -0.4 is 5.32 Å². The topological polar surface area (TPSA) is 21.8 Å². The SMILES string of the molecule is CN(C)C1CCN(CN(C)C2CNC2)C1. The van der Waals surface area contributed by atoms with Crippen LogP contribution in [0.3, 0.4) is 0 Å². The Morgan fingerprint density at radius 1 is 1.20 bits per heavy atom. The van der Waals surface area contributed by atoms with Crippen LogP contribution in [-0.4, -0.2) is 80.8 Å². The fourth-order valence-electron chi connectivity index (χ4n) is 2.38. The van der Waals surface area contributed by atoms with Gasteiger partial charge < -0.3 is 10.2 Å². The molecule has 1 atom stereocenters. The van der Waals surface area contributed by atoms with Crippen molar-refractivity contribution in [1.29, 1.82) is 0 Å². The molecule has 88 valence electrons. The lowest BCUT2D eigenvalue weighted by molar-refractivity contribution is 0.102. The molecule has 2 heterocycles. The maximum atomic E-state index is 3.33. The van der Waals surface area contributed by atoms with Crippen molar-refractivity contribution in [3.63, 3.8) is 0 Å². The zero-order valence-electron chi connectivity index (χ0n) is 10.2. The van der Waals surface area contributed by atoms with Gasteiger partial charge in [-0.1, -0.05) is 0 Å². The van der Waals surface area contributed by atoms with Gasteiger partial charge in [0.15, 0.2) is 0 Å². The van der Waals surface area contributed by atoms with Gasteiger partial charge in [0, 0.05) is 38.3 Å². The van der Waals surface area contributed by atoms with E-state index in [-0.39, 0.29) is 0 Å². The predicted octanol–water partition coefficient (Wildman–Crippen LogP) is -0.517. The zero-order chi connectivity index (χ0) is 10.8. The van der Waals surface area contributed by atoms with E-state index in [0.717, 1.165) is 18.8 Å². The van der Waals surface area contributed by atoms with Crippen molar-refractivity contribution < 1.29 is 0 Å². The van der Waals surface area contributed by atoms with E-state index in [1.807, 2.05) is 0 Å². The van der Waals surface area contributed by atoms with E-state index in [1.165, 1.54) is 32.6 Å². The third kappa shape index (κ3) is 2.69. The summed E-state index contributed by atoms with van der Waals surface area (Å²) < 4.78 is 0. The number of rotatable bonds is 4. The molecule has 2 rings (SSSR count). The minimum absolute atomic E-state index is 0.762. The summed E-state index contributed by atoms with van der Waals surface area (Å²) in [4.78, 5) is 7.41. The molecule has 0 radical (unpaired) electrons. The van der Waals surface area contributed by atoms with Gasteiger partial charge in [-0.2, -0.15) is 0 Å². The van der Waals surface area contributed by atoms with E-state index in [9.17, 15) is 0 Å². The van der Waals surface area contributed by atoms with Gasteiger partial charge in [0.1, 0.15) is 0 Å². The highest BCUT2D eigenvalue weighted by Crippen LogP contribution is 2.14. The quantitative estimate of drug-likeness (QED) is 0.677. The minimum Gasteiger partial charge on any atom is -0.314 e. The number of nitrogens with one attached hydrogen (secondary N) is 1. The number of likely N-dealkylation sites (N-methyl/N-ethyl adjacent to an activating group) is 2. The number of likely N-dealkylation sites (tertiary alicyclic amines) is 1. The molecule has 2 aliphatic heterocycles. The van der Waals surface area contributed by atoms with Crippen LogP contribution in [0.4, 0.5) is 0 Å². The van der Waals surface area contributed by atoms with Crippen molar-refractivity contribution >= 4 is 0 Å². The van der Waals surface area contributed by atoms with Gasteiger partial charge in [0.05, 0.1) is 6.67 Å². The predicted molar refractivity (Wildman–Crippen MR) is 63.0 cm³/mol. The molecule has 0 aliphatic carbocycles. The standard InChI is InChI=1S/C11H24N4/c1-13(2)10-4-5-15(8-10)9-14(3)11-6-12-7-11/h10-12H,4-9H2,1-3H3. The Bertz CT molecular complexity index is 203. The van der Waals surface area contributed by atoms with Gasteiger partial charge >= 0.3 is 0 Å². The molecular weight excluding hydrogens is 188 g/mol. The molecule has 0 amide bonds. The first kappa shape index (κ1) is 11.3. The van der Waals surface area contributed by atoms with Crippen molar-refractivity contribution in [1.82, 2.24) is 20.0 Å². The molecule has 0 aromatic rings. The summed E-state index contributed by atoms with van der Waals surface area (Å²) in [5, 5.41) is 3.33. The van der Waals surface area contributed by atoms with Crippen LogP contribution >= 0.6 is 0 Å². The molecule has 0 saturated carbocycles. The summed E-state index contributed by atoms with van der Waals surface area (Å²) in [7, 11) is 6.62. The van der Waals surface area contributed by atoms with Crippen LogP contribution in [0.25, 0.3) is 0 Å². The molecule has 0 spiro atoms. The summed E-state index contributed by atoms with van der Waals surface area (Å²) in [6.07, 6.45) is 1.32. The van der Waals surface area contributed by atoms with Gasteiger partial charge in [-0.3, -0.25) is 9.80 Å². The van der Waals surface area contributed by atoms with Crippen molar-refractivity contribution in [2.75, 3.05) is 54.0 Å². The van der Waals surface area contributed by atoms with Crippen LogP contribution in [0.5, 0.6) is 0 Å². The average Bonchev–Trinajstić information content (AvgIpc) is 2.48. The highest BCUT2D eigenvalue weighted by Gasteiger charge is 2.27. The summed E-state index contributed by atoms with van der Waals surface area (Å²) in [6.45, 7) is 5.96. The van der Waals surface area contributed by atoms with Crippen molar-refractivity contribution in [2.45, 2.75) is 18.5 Å². The second-order valence-corrected chi connectivity index (χ2v) is 5.19. The Morgan fingerprint density at radius 3 is 2.40 bits per heavy atom. The first-order chi connectivity index (χ1) is 7.16. The highest BCUT2D eigenvalue weighted by molar-refractivity contribution is 4.85. The Labute approximate surface area is 93.2 Å². The van der Waals surface area contributed by atoms with Crippen LogP contribution in [0, 0.1) is 0 Å². The molecule has 4 nitrogen and oxygen atoms in total. The molecule has 1 unspecified atom stereocenters. The van der Waals surface area contributed by atoms with Gasteiger partial charge in [0.2, 0.25) is 0 Å². The maximum absolute atomic E-state index is 3.33. The lowest BCUT2D eigenvalue weighted by Gasteiger charge is -2.37. The second kappa shape index (κ2) is 4.78. The van der Waals surface area contributed by atoms with Gasteiger partial charge in [-0.15, -0.1) is 0 Å². The first-order valence-corrected chi connectivity index (χ1v) is 5.96. The molecule has 1 N–H and O–H groups in total. The van der Waals surface area contributed by atoms with E-state index in [4.69, 9.17) is 0 Å². The molecule has 2 fully saturated rings. The van der Waals surface area contributed by atoms with E-state index < -0.39 is 0 Å². The van der Waals surface area contributed by atoms with E-state index in [0.29, 0.717) is 0 Å². The van der Waals surface area contributed by atoms with Gasteiger partial charge in [-0.25, -0.2) is 0 Å². The maximum Gasteiger partial charge on any atom is 0.0507 e. The van der Waals surface area contributed by atoms with Gasteiger partial charge in [-0.05, 0) is 27.6 Å². The van der Waals surface area contributed by atoms with E-state index >= 15 is 0 Å². The molecule has 15 heavy (non-hydrogen) atoms. The normalized spacial score (nSPS) is 29.0. The fourth-order valence-corrected chi connectivity index (χ4v) is 2.38.